The van der Waals surface area contributed by atoms with Gasteiger partial charge in [-0.1, -0.05) is 66.2 Å². The molecule has 8 heteroatoms. The molecule has 2 aliphatic rings. The molecule has 2 saturated heterocycles. The molecule has 0 saturated carbocycles. The number of ether oxygens (including phenoxy) is 2. The first-order valence-electron chi connectivity index (χ1n) is 13.1. The standard InChI is InChI=1S/C32H27ClN2O5/c1-2-38-27-19-22(13-18-26(27)39-20-21-9-5-3-6-10-21)29-28-30(40-35(29)25-11-7-4-8-12-25)32(37)34(31(28)36)24-16-14-23(33)15-17-24/h3-19,28-30H,2,20H2,1H3/t28-,29-,30+/m1/s1. The predicted molar refractivity (Wildman–Crippen MR) is 152 cm³/mol. The molecule has 0 aliphatic carbocycles. The lowest BCUT2D eigenvalue weighted by Gasteiger charge is -2.29. The highest BCUT2D eigenvalue weighted by molar-refractivity contribution is 6.31. The first-order valence-corrected chi connectivity index (χ1v) is 13.5. The SMILES string of the molecule is CCOc1cc([C@@H]2[C@H]3C(=O)N(c4ccc(Cl)cc4)C(=O)[C@H]3ON2c2ccccc2)ccc1OCc1ccccc1. The maximum atomic E-state index is 13.9. The Labute approximate surface area is 237 Å². The van der Waals surface area contributed by atoms with Crippen LogP contribution in [0.1, 0.15) is 24.1 Å². The predicted octanol–water partition coefficient (Wildman–Crippen LogP) is 6.37. The number of carbonyl (C=O) groups is 2. The third-order valence-electron chi connectivity index (χ3n) is 7.06. The second-order valence-electron chi connectivity index (χ2n) is 9.56. The van der Waals surface area contributed by atoms with Gasteiger partial charge in [0.05, 0.1) is 24.0 Å². The van der Waals surface area contributed by atoms with Crippen molar-refractivity contribution in [2.75, 3.05) is 16.6 Å². The van der Waals surface area contributed by atoms with Crippen molar-refractivity contribution in [1.82, 2.24) is 0 Å². The quantitative estimate of drug-likeness (QED) is 0.236. The van der Waals surface area contributed by atoms with Gasteiger partial charge in [-0.25, -0.2) is 9.96 Å². The average molecular weight is 555 g/mol. The fourth-order valence-corrected chi connectivity index (χ4v) is 5.35. The Balaban J connectivity index is 1.37. The van der Waals surface area contributed by atoms with Gasteiger partial charge in [-0.2, -0.15) is 0 Å². The number of carbonyl (C=O) groups excluding carboxylic acids is 2. The van der Waals surface area contributed by atoms with Crippen LogP contribution in [0.4, 0.5) is 11.4 Å². The number of benzene rings is 4. The second-order valence-corrected chi connectivity index (χ2v) is 10.00. The zero-order valence-corrected chi connectivity index (χ0v) is 22.5. The molecule has 2 fully saturated rings. The van der Waals surface area contributed by atoms with Crippen LogP contribution in [0.5, 0.6) is 11.5 Å². The number of imide groups is 1. The van der Waals surface area contributed by atoms with Gasteiger partial charge in [0, 0.05) is 5.02 Å². The van der Waals surface area contributed by atoms with Gasteiger partial charge in [0.15, 0.2) is 17.6 Å². The van der Waals surface area contributed by atoms with E-state index in [9.17, 15) is 9.59 Å². The average Bonchev–Trinajstić information content (AvgIpc) is 3.49. The minimum atomic E-state index is -0.974. The highest BCUT2D eigenvalue weighted by Gasteiger charge is 2.60. The number of rotatable bonds is 8. The van der Waals surface area contributed by atoms with Crippen molar-refractivity contribution in [2.45, 2.75) is 25.7 Å². The number of para-hydroxylation sites is 1. The molecule has 40 heavy (non-hydrogen) atoms. The van der Waals surface area contributed by atoms with E-state index >= 15 is 0 Å². The Morgan fingerprint density at radius 2 is 1.48 bits per heavy atom. The van der Waals surface area contributed by atoms with Crippen LogP contribution in [0.3, 0.4) is 0 Å². The number of amides is 2. The van der Waals surface area contributed by atoms with Gasteiger partial charge in [-0.3, -0.25) is 14.4 Å². The van der Waals surface area contributed by atoms with Crippen molar-refractivity contribution >= 4 is 34.8 Å². The number of hydrogen-bond donors (Lipinski definition) is 0. The molecular weight excluding hydrogens is 528 g/mol. The maximum Gasteiger partial charge on any atom is 0.266 e. The molecule has 6 rings (SSSR count). The molecule has 0 spiro atoms. The fraction of sp³-hybridized carbons (Fsp3) is 0.188. The summed E-state index contributed by atoms with van der Waals surface area (Å²) in [6.45, 7) is 2.72. The number of hydrogen-bond acceptors (Lipinski definition) is 6. The first-order chi connectivity index (χ1) is 19.5. The molecule has 0 bridgehead atoms. The number of halogens is 1. The normalized spacial score (nSPS) is 20.1. The second kappa shape index (κ2) is 11.0. The molecule has 2 heterocycles. The van der Waals surface area contributed by atoms with E-state index in [4.69, 9.17) is 25.9 Å². The van der Waals surface area contributed by atoms with Crippen LogP contribution < -0.4 is 19.4 Å². The van der Waals surface area contributed by atoms with Crippen LogP contribution in [0.2, 0.25) is 5.02 Å². The van der Waals surface area contributed by atoms with E-state index in [1.165, 1.54) is 4.90 Å². The van der Waals surface area contributed by atoms with Gasteiger partial charge in [-0.05, 0) is 66.6 Å². The number of fused-ring (bicyclic) bond motifs is 1. The van der Waals surface area contributed by atoms with E-state index in [0.717, 1.165) is 16.8 Å². The van der Waals surface area contributed by atoms with E-state index in [1.54, 1.807) is 29.3 Å². The minimum absolute atomic E-state index is 0.330. The smallest absolute Gasteiger partial charge is 0.266 e. The maximum absolute atomic E-state index is 13.9. The van der Waals surface area contributed by atoms with Gasteiger partial charge < -0.3 is 9.47 Å². The molecule has 0 N–H and O–H groups in total. The Bertz CT molecular complexity index is 1510. The third-order valence-corrected chi connectivity index (χ3v) is 7.31. The van der Waals surface area contributed by atoms with Gasteiger partial charge in [0.25, 0.3) is 5.91 Å². The molecule has 4 aromatic rings. The summed E-state index contributed by atoms with van der Waals surface area (Å²) in [5.41, 5.74) is 3.00. The zero-order chi connectivity index (χ0) is 27.6. The lowest BCUT2D eigenvalue weighted by molar-refractivity contribution is -0.126. The molecule has 2 amide bonds. The number of nitrogens with zero attached hydrogens (tertiary/aromatic N) is 2. The van der Waals surface area contributed by atoms with Crippen LogP contribution in [0, 0.1) is 5.92 Å². The molecule has 0 aromatic heterocycles. The topological polar surface area (TPSA) is 68.3 Å². The Kier molecular flexibility index (Phi) is 7.15. The van der Waals surface area contributed by atoms with E-state index in [0.29, 0.717) is 35.4 Å². The summed E-state index contributed by atoms with van der Waals surface area (Å²) in [6, 6.07) is 31.0. The minimum Gasteiger partial charge on any atom is -0.490 e. The van der Waals surface area contributed by atoms with Crippen LogP contribution in [-0.4, -0.2) is 24.5 Å². The summed E-state index contributed by atoms with van der Waals surface area (Å²) in [5, 5.41) is 2.19. The monoisotopic (exact) mass is 554 g/mol. The summed E-state index contributed by atoms with van der Waals surface area (Å²) >= 11 is 6.05. The Morgan fingerprint density at radius 3 is 2.17 bits per heavy atom. The number of hydroxylamine groups is 1. The lowest BCUT2D eigenvalue weighted by Crippen LogP contribution is -2.37. The zero-order valence-electron chi connectivity index (χ0n) is 21.8. The molecule has 3 atom stereocenters. The Morgan fingerprint density at radius 1 is 0.775 bits per heavy atom. The van der Waals surface area contributed by atoms with Gasteiger partial charge in [-0.15, -0.1) is 0 Å². The largest absolute Gasteiger partial charge is 0.490 e. The van der Waals surface area contributed by atoms with Crippen molar-refractivity contribution in [1.29, 1.82) is 0 Å². The summed E-state index contributed by atoms with van der Waals surface area (Å²) in [7, 11) is 0. The summed E-state index contributed by atoms with van der Waals surface area (Å²) in [5.74, 6) is -0.364. The molecule has 0 radical (unpaired) electrons. The summed E-state index contributed by atoms with van der Waals surface area (Å²) in [4.78, 5) is 34.9. The molecule has 2 aliphatic heterocycles. The fourth-order valence-electron chi connectivity index (χ4n) is 5.23. The van der Waals surface area contributed by atoms with Crippen LogP contribution >= 0.6 is 11.6 Å². The molecule has 7 nitrogen and oxygen atoms in total. The van der Waals surface area contributed by atoms with Gasteiger partial charge in [0.2, 0.25) is 5.91 Å². The Hall–Kier alpha value is -4.33. The van der Waals surface area contributed by atoms with Crippen molar-refractivity contribution in [2.24, 2.45) is 5.92 Å². The van der Waals surface area contributed by atoms with Gasteiger partial charge >= 0.3 is 0 Å². The van der Waals surface area contributed by atoms with E-state index in [-0.39, 0.29) is 5.91 Å². The summed E-state index contributed by atoms with van der Waals surface area (Å²) < 4.78 is 12.1. The van der Waals surface area contributed by atoms with E-state index in [1.807, 2.05) is 85.8 Å². The van der Waals surface area contributed by atoms with Crippen molar-refractivity contribution in [3.8, 4) is 11.5 Å². The van der Waals surface area contributed by atoms with Crippen LogP contribution in [0.25, 0.3) is 0 Å². The van der Waals surface area contributed by atoms with E-state index in [2.05, 4.69) is 0 Å². The molecule has 4 aromatic carbocycles. The highest BCUT2D eigenvalue weighted by Crippen LogP contribution is 2.48. The van der Waals surface area contributed by atoms with Crippen LogP contribution in [-0.2, 0) is 21.0 Å². The number of anilines is 2. The first kappa shape index (κ1) is 25.9. The van der Waals surface area contributed by atoms with Crippen molar-refractivity contribution < 1.29 is 23.9 Å². The third kappa shape index (κ3) is 4.78. The summed E-state index contributed by atoms with van der Waals surface area (Å²) in [6.07, 6.45) is -0.974. The lowest BCUT2D eigenvalue weighted by atomic mass is 9.90. The molecular formula is C32H27ClN2O5. The highest BCUT2D eigenvalue weighted by atomic mass is 35.5. The molecule has 0 unspecified atom stereocenters. The van der Waals surface area contributed by atoms with Crippen LogP contribution in [0.15, 0.2) is 103 Å². The van der Waals surface area contributed by atoms with Crippen molar-refractivity contribution in [3.05, 3.63) is 119 Å². The van der Waals surface area contributed by atoms with E-state index < -0.39 is 24.0 Å². The van der Waals surface area contributed by atoms with Gasteiger partial charge in [0.1, 0.15) is 12.5 Å². The van der Waals surface area contributed by atoms with Crippen molar-refractivity contribution in [3.63, 3.8) is 0 Å². The molecule has 202 valence electrons.